The summed E-state index contributed by atoms with van der Waals surface area (Å²) in [6, 6.07) is 13.2. The second kappa shape index (κ2) is 8.20. The molecule has 0 saturated carbocycles. The number of thioether (sulfide) groups is 1. The normalized spacial score (nSPS) is 10.7. The average molecular weight is 392 g/mol. The van der Waals surface area contributed by atoms with Crippen LogP contribution in [0.15, 0.2) is 53.7 Å². The molecule has 3 rings (SSSR count). The maximum Gasteiger partial charge on any atom is 0.230 e. The average Bonchev–Trinajstić information content (AvgIpc) is 2.99. The Labute approximate surface area is 158 Å². The van der Waals surface area contributed by atoms with Gasteiger partial charge >= 0.3 is 0 Å². The van der Waals surface area contributed by atoms with Crippen molar-refractivity contribution in [1.82, 2.24) is 20.2 Å². The Bertz CT molecular complexity index is 933. The van der Waals surface area contributed by atoms with Crippen LogP contribution in [0.25, 0.3) is 11.4 Å². The van der Waals surface area contributed by atoms with Crippen LogP contribution in [-0.4, -0.2) is 26.5 Å². The number of hydrogen-bond acceptors (Lipinski definition) is 5. The molecule has 26 heavy (non-hydrogen) atoms. The minimum absolute atomic E-state index is 0.124. The Kier molecular flexibility index (Phi) is 5.75. The number of benzene rings is 2. The summed E-state index contributed by atoms with van der Waals surface area (Å²) < 4.78 is 14.6. The van der Waals surface area contributed by atoms with Crippen molar-refractivity contribution in [1.29, 1.82) is 0 Å². The van der Waals surface area contributed by atoms with E-state index in [1.165, 1.54) is 16.8 Å². The highest BCUT2D eigenvalue weighted by Gasteiger charge is 2.14. The SMILES string of the molecule is Nn1c(SCC(=O)NCc2cccc(Cl)c2)nnc1-c1cccc(F)c1. The van der Waals surface area contributed by atoms with Crippen molar-refractivity contribution in [2.24, 2.45) is 0 Å². The summed E-state index contributed by atoms with van der Waals surface area (Å²) in [5.74, 6) is 5.84. The van der Waals surface area contributed by atoms with Crippen LogP contribution >= 0.6 is 23.4 Å². The van der Waals surface area contributed by atoms with E-state index in [0.29, 0.717) is 28.1 Å². The molecule has 0 atom stereocenters. The molecule has 0 saturated heterocycles. The van der Waals surface area contributed by atoms with Crippen LogP contribution < -0.4 is 11.2 Å². The highest BCUT2D eigenvalue weighted by atomic mass is 35.5. The van der Waals surface area contributed by atoms with Crippen molar-refractivity contribution < 1.29 is 9.18 Å². The number of amides is 1. The summed E-state index contributed by atoms with van der Waals surface area (Å²) in [6.45, 7) is 0.379. The second-order valence-electron chi connectivity index (χ2n) is 5.38. The molecule has 1 amide bonds. The Hall–Kier alpha value is -2.58. The summed E-state index contributed by atoms with van der Waals surface area (Å²) in [5.41, 5.74) is 1.42. The van der Waals surface area contributed by atoms with Gasteiger partial charge in [0, 0.05) is 17.1 Å². The smallest absolute Gasteiger partial charge is 0.230 e. The van der Waals surface area contributed by atoms with Gasteiger partial charge in [-0.15, -0.1) is 10.2 Å². The number of carbonyl (C=O) groups excluding carboxylic acids is 1. The molecule has 0 spiro atoms. The Balaban J connectivity index is 1.57. The van der Waals surface area contributed by atoms with Crippen LogP contribution in [0.4, 0.5) is 4.39 Å². The number of nitrogen functional groups attached to an aromatic ring is 1. The molecule has 3 N–H and O–H groups in total. The highest BCUT2D eigenvalue weighted by Crippen LogP contribution is 2.22. The molecule has 1 aromatic heterocycles. The summed E-state index contributed by atoms with van der Waals surface area (Å²) >= 11 is 7.05. The summed E-state index contributed by atoms with van der Waals surface area (Å²) in [4.78, 5) is 12.0. The van der Waals surface area contributed by atoms with Crippen molar-refractivity contribution in [3.63, 3.8) is 0 Å². The molecule has 3 aromatic rings. The van der Waals surface area contributed by atoms with Crippen LogP contribution in [0.5, 0.6) is 0 Å². The van der Waals surface area contributed by atoms with Crippen LogP contribution in [-0.2, 0) is 11.3 Å². The van der Waals surface area contributed by atoms with Crippen molar-refractivity contribution in [2.75, 3.05) is 11.6 Å². The van der Waals surface area contributed by atoms with Crippen LogP contribution in [0.1, 0.15) is 5.56 Å². The third-order valence-corrected chi connectivity index (χ3v) is 4.64. The molecule has 0 aliphatic rings. The molecular weight excluding hydrogens is 377 g/mol. The van der Waals surface area contributed by atoms with Gasteiger partial charge in [-0.2, -0.15) is 0 Å². The number of hydrogen-bond donors (Lipinski definition) is 2. The number of carbonyl (C=O) groups is 1. The zero-order chi connectivity index (χ0) is 18.5. The summed E-state index contributed by atoms with van der Waals surface area (Å²) in [6.07, 6.45) is 0. The van der Waals surface area contributed by atoms with Crippen molar-refractivity contribution in [3.8, 4) is 11.4 Å². The van der Waals surface area contributed by atoms with Gasteiger partial charge in [0.1, 0.15) is 5.82 Å². The number of aromatic nitrogens is 3. The third-order valence-electron chi connectivity index (χ3n) is 3.46. The molecule has 0 unspecified atom stereocenters. The standard InChI is InChI=1S/C17H15ClFN5OS/c18-13-5-1-3-11(7-13)9-21-15(25)10-26-17-23-22-16(24(17)20)12-4-2-6-14(19)8-12/h1-8H,9-10,20H2,(H,21,25). The van der Waals surface area contributed by atoms with E-state index in [0.717, 1.165) is 17.3 Å². The predicted molar refractivity (Wildman–Crippen MR) is 99.6 cm³/mol. The van der Waals surface area contributed by atoms with E-state index in [1.807, 2.05) is 12.1 Å². The minimum Gasteiger partial charge on any atom is -0.351 e. The lowest BCUT2D eigenvalue weighted by Crippen LogP contribution is -2.25. The molecule has 0 bridgehead atoms. The van der Waals surface area contributed by atoms with E-state index in [4.69, 9.17) is 17.4 Å². The van der Waals surface area contributed by atoms with E-state index in [1.54, 1.807) is 24.3 Å². The maximum absolute atomic E-state index is 13.3. The molecular formula is C17H15ClFN5OS. The number of rotatable bonds is 6. The van der Waals surface area contributed by atoms with E-state index in [2.05, 4.69) is 15.5 Å². The quantitative estimate of drug-likeness (QED) is 0.498. The fourth-order valence-corrected chi connectivity index (χ4v) is 3.13. The summed E-state index contributed by atoms with van der Waals surface area (Å²) in [5, 5.41) is 11.7. The molecule has 2 aromatic carbocycles. The Morgan fingerprint density at radius 2 is 2.04 bits per heavy atom. The first-order chi connectivity index (χ1) is 12.5. The van der Waals surface area contributed by atoms with Gasteiger partial charge in [-0.3, -0.25) is 4.79 Å². The highest BCUT2D eigenvalue weighted by molar-refractivity contribution is 7.99. The molecule has 0 radical (unpaired) electrons. The first-order valence-corrected chi connectivity index (χ1v) is 8.99. The van der Waals surface area contributed by atoms with Gasteiger partial charge in [-0.1, -0.05) is 47.6 Å². The molecule has 134 valence electrons. The molecule has 6 nitrogen and oxygen atoms in total. The summed E-state index contributed by atoms with van der Waals surface area (Å²) in [7, 11) is 0. The topological polar surface area (TPSA) is 85.8 Å². The van der Waals surface area contributed by atoms with Crippen molar-refractivity contribution >= 4 is 29.3 Å². The lowest BCUT2D eigenvalue weighted by molar-refractivity contribution is -0.118. The molecule has 0 fully saturated rings. The number of nitrogens with zero attached hydrogens (tertiary/aromatic N) is 3. The first-order valence-electron chi connectivity index (χ1n) is 7.63. The third kappa shape index (κ3) is 4.53. The van der Waals surface area contributed by atoms with E-state index in [9.17, 15) is 9.18 Å². The molecule has 9 heteroatoms. The zero-order valence-corrected chi connectivity index (χ0v) is 15.1. The number of nitrogens with two attached hydrogens (primary N) is 1. The zero-order valence-electron chi connectivity index (χ0n) is 13.5. The fraction of sp³-hybridized carbons (Fsp3) is 0.118. The van der Waals surface area contributed by atoms with Gasteiger partial charge in [0.05, 0.1) is 5.75 Å². The maximum atomic E-state index is 13.3. The lowest BCUT2D eigenvalue weighted by Gasteiger charge is -2.06. The molecule has 1 heterocycles. The van der Waals surface area contributed by atoms with Crippen molar-refractivity contribution in [3.05, 3.63) is 64.9 Å². The monoisotopic (exact) mass is 391 g/mol. The van der Waals surface area contributed by atoms with Gasteiger partial charge in [-0.05, 0) is 29.8 Å². The predicted octanol–water partition coefficient (Wildman–Crippen LogP) is 2.86. The number of halogens is 2. The second-order valence-corrected chi connectivity index (χ2v) is 6.76. The van der Waals surface area contributed by atoms with Crippen molar-refractivity contribution in [2.45, 2.75) is 11.7 Å². The van der Waals surface area contributed by atoms with Gasteiger partial charge in [0.15, 0.2) is 5.82 Å². The number of nitrogens with one attached hydrogen (secondary N) is 1. The minimum atomic E-state index is -0.389. The van der Waals surface area contributed by atoms with Crippen LogP contribution in [0.2, 0.25) is 5.02 Å². The Morgan fingerprint density at radius 3 is 2.81 bits per heavy atom. The molecule has 0 aliphatic carbocycles. The lowest BCUT2D eigenvalue weighted by atomic mass is 10.2. The fourth-order valence-electron chi connectivity index (χ4n) is 2.23. The largest absolute Gasteiger partial charge is 0.351 e. The van der Waals surface area contributed by atoms with Crippen LogP contribution in [0.3, 0.4) is 0 Å². The van der Waals surface area contributed by atoms with Gasteiger partial charge in [-0.25, -0.2) is 9.07 Å². The van der Waals surface area contributed by atoms with E-state index < -0.39 is 0 Å². The Morgan fingerprint density at radius 1 is 1.23 bits per heavy atom. The van der Waals surface area contributed by atoms with Crippen LogP contribution in [0, 0.1) is 5.82 Å². The van der Waals surface area contributed by atoms with Gasteiger partial charge < -0.3 is 11.2 Å². The first kappa shape index (κ1) is 18.2. The van der Waals surface area contributed by atoms with E-state index in [-0.39, 0.29) is 17.5 Å². The molecule has 0 aliphatic heterocycles. The van der Waals surface area contributed by atoms with Gasteiger partial charge in [0.25, 0.3) is 0 Å². The van der Waals surface area contributed by atoms with Gasteiger partial charge in [0.2, 0.25) is 11.1 Å². The van der Waals surface area contributed by atoms with E-state index >= 15 is 0 Å².